The largest absolute Gasteiger partial charge is 0.438 e. The summed E-state index contributed by atoms with van der Waals surface area (Å²) in [5.41, 5.74) is 0.526. The van der Waals surface area contributed by atoms with E-state index in [1.54, 1.807) is 30.3 Å². The Hall–Kier alpha value is -2.41. The van der Waals surface area contributed by atoms with Gasteiger partial charge >= 0.3 is 0 Å². The monoisotopic (exact) mass is 463 g/mol. The first-order valence-corrected chi connectivity index (χ1v) is 9.23. The van der Waals surface area contributed by atoms with Crippen molar-refractivity contribution in [2.24, 2.45) is 0 Å². The second-order valence-corrected chi connectivity index (χ2v) is 6.99. The van der Waals surface area contributed by atoms with Gasteiger partial charge in [0.05, 0.1) is 32.1 Å². The number of rotatable bonds is 4. The number of aromatic nitrogens is 2. The van der Waals surface area contributed by atoms with Gasteiger partial charge in [0.15, 0.2) is 0 Å². The third-order valence-electron chi connectivity index (χ3n) is 3.56. The van der Waals surface area contributed by atoms with E-state index in [1.165, 1.54) is 18.5 Å². The molecule has 0 fully saturated rings. The van der Waals surface area contributed by atoms with E-state index in [9.17, 15) is 4.79 Å². The van der Waals surface area contributed by atoms with Crippen molar-refractivity contribution in [1.29, 1.82) is 5.41 Å². The van der Waals surface area contributed by atoms with E-state index >= 15 is 0 Å². The average molecular weight is 465 g/mol. The molecule has 0 amide bonds. The van der Waals surface area contributed by atoms with Crippen molar-refractivity contribution in [2.75, 3.05) is 0 Å². The Morgan fingerprint density at radius 3 is 2.52 bits per heavy atom. The molecule has 136 valence electrons. The van der Waals surface area contributed by atoms with Crippen LogP contribution in [0.4, 0.5) is 0 Å². The van der Waals surface area contributed by atoms with Crippen LogP contribution in [0, 0.1) is 5.41 Å². The number of hydrogen-bond donors (Lipinski definition) is 2. The maximum Gasteiger partial charge on any atom is 0.281 e. The van der Waals surface area contributed by atoms with Crippen LogP contribution in [0.1, 0.15) is 5.69 Å². The van der Waals surface area contributed by atoms with Crippen LogP contribution in [-0.4, -0.2) is 15.9 Å². The molecule has 1 aromatic heterocycles. The highest BCUT2D eigenvalue weighted by Crippen LogP contribution is 2.34. The van der Waals surface area contributed by atoms with E-state index in [0.29, 0.717) is 27.1 Å². The molecule has 0 saturated heterocycles. The van der Waals surface area contributed by atoms with Gasteiger partial charge < -0.3 is 9.72 Å². The number of hydrogen-bond acceptors (Lipinski definition) is 4. The van der Waals surface area contributed by atoms with Crippen molar-refractivity contribution in [2.45, 2.75) is 0 Å². The molecule has 3 rings (SSSR count). The number of ether oxygens (including phenoxy) is 1. The minimum atomic E-state index is -0.485. The van der Waals surface area contributed by atoms with E-state index in [2.05, 4.69) is 25.9 Å². The molecule has 2 aromatic carbocycles. The molecular weight excluding hydrogens is 453 g/mol. The van der Waals surface area contributed by atoms with Crippen LogP contribution in [0.5, 0.6) is 5.75 Å². The van der Waals surface area contributed by atoms with Gasteiger partial charge in [-0.15, -0.1) is 0 Å². The predicted octanol–water partition coefficient (Wildman–Crippen LogP) is 5.58. The molecule has 1 heterocycles. The maximum atomic E-state index is 12.4. The number of benzene rings is 2. The first kappa shape index (κ1) is 19.4. The number of halogens is 3. The normalized spacial score (nSPS) is 10.9. The van der Waals surface area contributed by atoms with Crippen molar-refractivity contribution in [3.8, 4) is 16.9 Å². The molecule has 5 nitrogen and oxygen atoms in total. The lowest BCUT2D eigenvalue weighted by Gasteiger charge is -2.09. The van der Waals surface area contributed by atoms with E-state index in [1.807, 2.05) is 12.1 Å². The molecule has 0 unspecified atom stereocenters. The Balaban J connectivity index is 1.96. The Morgan fingerprint density at radius 2 is 1.81 bits per heavy atom. The first-order valence-electron chi connectivity index (χ1n) is 7.68. The summed E-state index contributed by atoms with van der Waals surface area (Å²) in [4.78, 5) is 19.0. The third kappa shape index (κ3) is 4.47. The van der Waals surface area contributed by atoms with Crippen molar-refractivity contribution in [3.05, 3.63) is 85.4 Å². The summed E-state index contributed by atoms with van der Waals surface area (Å²) < 4.78 is 6.21. The highest BCUT2D eigenvalue weighted by atomic mass is 79.9. The standard InChI is InChI=1S/C19H12BrCl2N3O2/c20-11-4-1-2-7-15(11)27-16(23)9-8-14-18(19(26)25-10-24-14)17-12(21)5-3-6-13(17)22/h1-10,23H,(H,24,25,26)/b9-8-,23-16?. The number of para-hydroxylation sites is 1. The molecule has 3 aromatic rings. The van der Waals surface area contributed by atoms with Gasteiger partial charge in [-0.25, -0.2) is 0 Å². The lowest BCUT2D eigenvalue weighted by Crippen LogP contribution is -2.12. The highest BCUT2D eigenvalue weighted by Gasteiger charge is 2.16. The molecule has 8 heteroatoms. The summed E-state index contributed by atoms with van der Waals surface area (Å²) in [5.74, 6) is 0.389. The third-order valence-corrected chi connectivity index (χ3v) is 4.84. The number of H-pyrrole nitrogens is 1. The average Bonchev–Trinajstić information content (AvgIpc) is 2.63. The molecule has 0 atom stereocenters. The zero-order chi connectivity index (χ0) is 19.4. The lowest BCUT2D eigenvalue weighted by atomic mass is 10.0. The van der Waals surface area contributed by atoms with Crippen LogP contribution >= 0.6 is 39.1 Å². The molecule has 2 N–H and O–H groups in total. The molecule has 0 radical (unpaired) electrons. The highest BCUT2D eigenvalue weighted by molar-refractivity contribution is 9.10. The molecule has 0 aliphatic heterocycles. The van der Waals surface area contributed by atoms with E-state index in [4.69, 9.17) is 33.3 Å². The van der Waals surface area contributed by atoms with E-state index in [-0.39, 0.29) is 11.5 Å². The minimum Gasteiger partial charge on any atom is -0.438 e. The van der Waals surface area contributed by atoms with Crippen LogP contribution < -0.4 is 10.3 Å². The molecule has 0 bridgehead atoms. The van der Waals surface area contributed by atoms with Crippen LogP contribution in [0.25, 0.3) is 17.2 Å². The fourth-order valence-electron chi connectivity index (χ4n) is 2.36. The van der Waals surface area contributed by atoms with Crippen LogP contribution in [0.2, 0.25) is 10.0 Å². The topological polar surface area (TPSA) is 78.8 Å². The lowest BCUT2D eigenvalue weighted by molar-refractivity contribution is 0.547. The summed E-state index contributed by atoms with van der Waals surface area (Å²) in [6.45, 7) is 0. The Bertz CT molecular complexity index is 1080. The quantitative estimate of drug-likeness (QED) is 0.391. The van der Waals surface area contributed by atoms with E-state index < -0.39 is 5.56 Å². The zero-order valence-corrected chi connectivity index (χ0v) is 16.8. The predicted molar refractivity (Wildman–Crippen MR) is 112 cm³/mol. The minimum absolute atomic E-state index is 0.115. The van der Waals surface area contributed by atoms with Crippen LogP contribution in [-0.2, 0) is 0 Å². The second kappa shape index (κ2) is 8.52. The maximum absolute atomic E-state index is 12.4. The molecule has 0 aliphatic carbocycles. The fourth-order valence-corrected chi connectivity index (χ4v) is 3.31. The summed E-state index contributed by atoms with van der Waals surface area (Å²) in [7, 11) is 0. The van der Waals surface area contributed by atoms with Gasteiger partial charge in [0.1, 0.15) is 5.75 Å². The van der Waals surface area contributed by atoms with Gasteiger partial charge in [0.25, 0.3) is 5.56 Å². The van der Waals surface area contributed by atoms with Crippen molar-refractivity contribution in [3.63, 3.8) is 0 Å². The molecule has 27 heavy (non-hydrogen) atoms. The molecule has 0 spiro atoms. The second-order valence-electron chi connectivity index (χ2n) is 5.32. The van der Waals surface area contributed by atoms with Gasteiger partial charge in [-0.05, 0) is 46.3 Å². The van der Waals surface area contributed by atoms with Crippen LogP contribution in [0.15, 0.2) is 64.1 Å². The summed E-state index contributed by atoms with van der Waals surface area (Å²) in [6, 6.07) is 12.2. The fraction of sp³-hybridized carbons (Fsp3) is 0. The van der Waals surface area contributed by atoms with Gasteiger partial charge in [0, 0.05) is 11.6 Å². The smallest absolute Gasteiger partial charge is 0.281 e. The van der Waals surface area contributed by atoms with Crippen molar-refractivity contribution < 1.29 is 4.74 Å². The van der Waals surface area contributed by atoms with Gasteiger partial charge in [0.2, 0.25) is 5.90 Å². The van der Waals surface area contributed by atoms with Crippen molar-refractivity contribution >= 4 is 51.1 Å². The Labute approximate surface area is 173 Å². The molecule has 0 saturated carbocycles. The molecule has 0 aliphatic rings. The van der Waals surface area contributed by atoms with Gasteiger partial charge in [-0.3, -0.25) is 10.2 Å². The number of aromatic amines is 1. The number of nitrogens with zero attached hydrogens (tertiary/aromatic N) is 1. The first-order chi connectivity index (χ1) is 13.0. The summed E-state index contributed by atoms with van der Waals surface area (Å²) >= 11 is 15.8. The summed E-state index contributed by atoms with van der Waals surface area (Å²) in [6.07, 6.45) is 4.23. The van der Waals surface area contributed by atoms with Crippen LogP contribution in [0.3, 0.4) is 0 Å². The zero-order valence-electron chi connectivity index (χ0n) is 13.7. The van der Waals surface area contributed by atoms with Crippen molar-refractivity contribution in [1.82, 2.24) is 9.97 Å². The van der Waals surface area contributed by atoms with E-state index in [0.717, 1.165) is 4.47 Å². The number of nitrogens with one attached hydrogen (secondary N) is 2. The molecular formula is C19H12BrCl2N3O2. The van der Waals surface area contributed by atoms with Gasteiger partial charge in [-0.2, -0.15) is 4.98 Å². The Kier molecular flexibility index (Phi) is 6.11. The van der Waals surface area contributed by atoms with Gasteiger partial charge in [-0.1, -0.05) is 41.4 Å². The summed E-state index contributed by atoms with van der Waals surface area (Å²) in [5, 5.41) is 8.65. The Morgan fingerprint density at radius 1 is 1.11 bits per heavy atom. The SMILES string of the molecule is N=C(/C=C\c1[nH]cnc(=O)c1-c1c(Cl)cccc1Cl)Oc1ccccc1Br.